The summed E-state index contributed by atoms with van der Waals surface area (Å²) in [6.45, 7) is 5.38. The molecule has 0 N–H and O–H groups in total. The summed E-state index contributed by atoms with van der Waals surface area (Å²) in [5, 5.41) is 0.803. The van der Waals surface area contributed by atoms with Crippen molar-refractivity contribution in [3.63, 3.8) is 0 Å². The summed E-state index contributed by atoms with van der Waals surface area (Å²) >= 11 is 12.8. The van der Waals surface area contributed by atoms with E-state index in [9.17, 15) is 13.2 Å². The predicted octanol–water partition coefficient (Wildman–Crippen LogP) is 6.82. The quantitative estimate of drug-likeness (QED) is 0.262. The number of esters is 1. The molecule has 0 atom stereocenters. The van der Waals surface area contributed by atoms with Gasteiger partial charge in [0.05, 0.1) is 34.6 Å². The van der Waals surface area contributed by atoms with Gasteiger partial charge in [-0.1, -0.05) is 40.9 Å². The minimum atomic E-state index is -4.23. The van der Waals surface area contributed by atoms with Gasteiger partial charge in [-0.25, -0.2) is 17.2 Å². The Morgan fingerprint density at radius 1 is 1.15 bits per heavy atom. The lowest BCUT2D eigenvalue weighted by Crippen LogP contribution is -2.20. The van der Waals surface area contributed by atoms with Crippen LogP contribution in [-0.2, 0) is 14.8 Å². The van der Waals surface area contributed by atoms with Crippen molar-refractivity contribution in [1.29, 1.82) is 0 Å². The monoisotopic (exact) mass is 517 g/mol. The van der Waals surface area contributed by atoms with E-state index in [1.165, 1.54) is 30.5 Å². The molecule has 0 unspecified atom stereocenters. The summed E-state index contributed by atoms with van der Waals surface area (Å²) in [6, 6.07) is 11.1. The first-order chi connectivity index (χ1) is 16.1. The molecule has 4 rings (SSSR count). The fourth-order valence-electron chi connectivity index (χ4n) is 3.72. The smallest absolute Gasteiger partial charge is 0.356 e. The van der Waals surface area contributed by atoms with E-state index < -0.39 is 16.0 Å². The van der Waals surface area contributed by atoms with Crippen LogP contribution in [-0.4, -0.2) is 25.0 Å². The van der Waals surface area contributed by atoms with Crippen LogP contribution in [0.4, 0.5) is 0 Å². The average molecular weight is 518 g/mol. The first-order valence-corrected chi connectivity index (χ1v) is 12.6. The van der Waals surface area contributed by atoms with E-state index in [1.807, 2.05) is 13.8 Å². The van der Waals surface area contributed by atoms with Crippen LogP contribution in [0.3, 0.4) is 0 Å². The summed E-state index contributed by atoms with van der Waals surface area (Å²) in [6.07, 6.45) is 4.77. The molecule has 0 spiro atoms. The Kier molecular flexibility index (Phi) is 6.62. The molecule has 2 aromatic carbocycles. The number of carbonyl (C=O) groups excluding carboxylic acids is 1. The number of halogens is 2. The molecule has 176 valence electrons. The lowest BCUT2D eigenvalue weighted by atomic mass is 10.0. The van der Waals surface area contributed by atoms with Crippen LogP contribution in [0.25, 0.3) is 22.6 Å². The highest BCUT2D eigenvalue weighted by Gasteiger charge is 2.32. The second-order valence-corrected chi connectivity index (χ2v) is 10.3. The van der Waals surface area contributed by atoms with Gasteiger partial charge in [-0.2, -0.15) is 0 Å². The van der Waals surface area contributed by atoms with Crippen molar-refractivity contribution in [3.05, 3.63) is 87.4 Å². The van der Waals surface area contributed by atoms with Crippen LogP contribution in [0.15, 0.2) is 64.3 Å². The van der Waals surface area contributed by atoms with Gasteiger partial charge in [0.1, 0.15) is 0 Å². The van der Waals surface area contributed by atoms with Crippen molar-refractivity contribution in [3.8, 4) is 0 Å². The van der Waals surface area contributed by atoms with Gasteiger partial charge in [0, 0.05) is 21.5 Å². The first kappa shape index (κ1) is 24.1. The van der Waals surface area contributed by atoms with Crippen LogP contribution >= 0.6 is 23.2 Å². The number of aromatic nitrogens is 1. The fraction of sp³-hybridized carbons (Fsp3) is 0.160. The predicted molar refractivity (Wildman–Crippen MR) is 134 cm³/mol. The SMILES string of the molecule is CCOC(=O)c1c(/C=C(/C)c2ccoc2)c2c(Cl)cc(Cl)cc2n1S(=O)(=O)c1ccc(C)cc1. The van der Waals surface area contributed by atoms with Gasteiger partial charge >= 0.3 is 5.97 Å². The van der Waals surface area contributed by atoms with Gasteiger partial charge < -0.3 is 9.15 Å². The summed E-state index contributed by atoms with van der Waals surface area (Å²) in [5.74, 6) is -0.798. The zero-order valence-corrected chi connectivity index (χ0v) is 21.0. The largest absolute Gasteiger partial charge is 0.472 e. The number of carbonyl (C=O) groups is 1. The highest BCUT2D eigenvalue weighted by Crippen LogP contribution is 2.39. The van der Waals surface area contributed by atoms with Gasteiger partial charge in [0.2, 0.25) is 0 Å². The second kappa shape index (κ2) is 9.33. The van der Waals surface area contributed by atoms with Crippen LogP contribution in [0.2, 0.25) is 10.0 Å². The normalized spacial score (nSPS) is 12.3. The first-order valence-electron chi connectivity index (χ1n) is 10.4. The Balaban J connectivity index is 2.15. The standard InChI is InChI=1S/C25H21Cl2NO5S/c1-4-33-25(29)24-20(11-16(3)17-9-10-32-14-17)23-21(27)12-18(26)13-22(23)28(24)34(30,31)19-7-5-15(2)6-8-19/h5-14H,4H2,1-3H3/b16-11-. The molecule has 2 aromatic heterocycles. The number of ether oxygens (including phenoxy) is 1. The van der Waals surface area contributed by atoms with E-state index in [0.29, 0.717) is 10.9 Å². The Morgan fingerprint density at radius 2 is 1.85 bits per heavy atom. The van der Waals surface area contributed by atoms with E-state index in [2.05, 4.69) is 0 Å². The number of fused-ring (bicyclic) bond motifs is 1. The highest BCUT2D eigenvalue weighted by molar-refractivity contribution is 7.90. The fourth-order valence-corrected chi connectivity index (χ4v) is 5.81. The average Bonchev–Trinajstić information content (AvgIpc) is 3.41. The van der Waals surface area contributed by atoms with E-state index in [1.54, 1.807) is 37.5 Å². The maximum absolute atomic E-state index is 13.9. The van der Waals surface area contributed by atoms with Crippen molar-refractivity contribution in [2.24, 2.45) is 0 Å². The maximum atomic E-state index is 13.9. The van der Waals surface area contributed by atoms with Crippen molar-refractivity contribution in [2.75, 3.05) is 6.61 Å². The number of nitrogens with zero attached hydrogens (tertiary/aromatic N) is 1. The Bertz CT molecular complexity index is 1520. The number of allylic oxidation sites excluding steroid dienone is 1. The van der Waals surface area contributed by atoms with Crippen LogP contribution in [0.5, 0.6) is 0 Å². The maximum Gasteiger partial charge on any atom is 0.356 e. The van der Waals surface area contributed by atoms with Gasteiger partial charge in [-0.3, -0.25) is 0 Å². The Hall–Kier alpha value is -3.00. The molecule has 0 aliphatic rings. The molecule has 2 heterocycles. The molecule has 0 amide bonds. The van der Waals surface area contributed by atoms with Crippen molar-refractivity contribution >= 4 is 61.7 Å². The minimum Gasteiger partial charge on any atom is -0.472 e. The third-order valence-corrected chi connectivity index (χ3v) is 7.59. The summed E-state index contributed by atoms with van der Waals surface area (Å²) in [4.78, 5) is 13.2. The lowest BCUT2D eigenvalue weighted by molar-refractivity contribution is 0.0518. The number of benzene rings is 2. The van der Waals surface area contributed by atoms with E-state index in [4.69, 9.17) is 32.4 Å². The van der Waals surface area contributed by atoms with E-state index >= 15 is 0 Å². The number of hydrogen-bond acceptors (Lipinski definition) is 5. The topological polar surface area (TPSA) is 78.5 Å². The molecule has 0 fully saturated rings. The molecule has 0 aliphatic carbocycles. The number of rotatable bonds is 6. The summed E-state index contributed by atoms with van der Waals surface area (Å²) < 4.78 is 39.2. The molecular formula is C25H21Cl2NO5S. The Labute approximate surface area is 207 Å². The zero-order valence-electron chi connectivity index (χ0n) is 18.6. The highest BCUT2D eigenvalue weighted by atomic mass is 35.5. The zero-order chi connectivity index (χ0) is 24.6. The van der Waals surface area contributed by atoms with Crippen LogP contribution in [0.1, 0.15) is 41.0 Å². The Morgan fingerprint density at radius 3 is 2.47 bits per heavy atom. The molecule has 0 bridgehead atoms. The van der Waals surface area contributed by atoms with Crippen molar-refractivity contribution < 1.29 is 22.4 Å². The summed E-state index contributed by atoms with van der Waals surface area (Å²) in [5.41, 5.74) is 2.72. The molecule has 0 saturated carbocycles. The van der Waals surface area contributed by atoms with Crippen LogP contribution < -0.4 is 0 Å². The molecule has 0 saturated heterocycles. The van der Waals surface area contributed by atoms with Gasteiger partial charge in [-0.05, 0) is 62.8 Å². The van der Waals surface area contributed by atoms with Gasteiger partial charge in [0.15, 0.2) is 5.69 Å². The van der Waals surface area contributed by atoms with Crippen molar-refractivity contribution in [1.82, 2.24) is 3.97 Å². The number of furan rings is 1. The van der Waals surface area contributed by atoms with Crippen LogP contribution in [0, 0.1) is 6.92 Å². The van der Waals surface area contributed by atoms with Gasteiger partial charge in [-0.15, -0.1) is 0 Å². The molecule has 0 radical (unpaired) electrons. The number of hydrogen-bond donors (Lipinski definition) is 0. The molecule has 34 heavy (non-hydrogen) atoms. The van der Waals surface area contributed by atoms with E-state index in [-0.39, 0.29) is 32.8 Å². The van der Waals surface area contributed by atoms with Gasteiger partial charge in [0.25, 0.3) is 10.0 Å². The summed E-state index contributed by atoms with van der Waals surface area (Å²) in [7, 11) is -4.23. The number of aryl methyl sites for hydroxylation is 1. The minimum absolute atomic E-state index is 0.0127. The molecular weight excluding hydrogens is 497 g/mol. The molecule has 0 aliphatic heterocycles. The third kappa shape index (κ3) is 4.27. The third-order valence-electron chi connectivity index (χ3n) is 5.35. The molecule has 9 heteroatoms. The van der Waals surface area contributed by atoms with Crippen molar-refractivity contribution in [2.45, 2.75) is 25.7 Å². The molecule has 6 nitrogen and oxygen atoms in total. The van der Waals surface area contributed by atoms with E-state index in [0.717, 1.165) is 20.7 Å². The second-order valence-electron chi connectivity index (χ2n) is 7.69. The lowest BCUT2D eigenvalue weighted by Gasteiger charge is -2.12. The molecule has 4 aromatic rings.